The van der Waals surface area contributed by atoms with Crippen molar-refractivity contribution < 1.29 is 19.4 Å². The van der Waals surface area contributed by atoms with Gasteiger partial charge in [-0.25, -0.2) is 9.59 Å². The van der Waals surface area contributed by atoms with Crippen molar-refractivity contribution in [2.24, 2.45) is 0 Å². The van der Waals surface area contributed by atoms with Gasteiger partial charge < -0.3 is 9.84 Å². The Hall–Kier alpha value is -2.04. The molecule has 0 saturated carbocycles. The van der Waals surface area contributed by atoms with Gasteiger partial charge in [-0.1, -0.05) is 25.1 Å². The summed E-state index contributed by atoms with van der Waals surface area (Å²) in [5.41, 5.74) is 1.56. The summed E-state index contributed by atoms with van der Waals surface area (Å²) in [6, 6.07) is 6.44. The van der Waals surface area contributed by atoms with Crippen LogP contribution in [0.4, 0.5) is 10.5 Å². The number of carboxylic acids is 1. The van der Waals surface area contributed by atoms with Crippen LogP contribution in [0.15, 0.2) is 24.3 Å². The van der Waals surface area contributed by atoms with Crippen LogP contribution in [0.3, 0.4) is 0 Å². The Kier molecular flexibility index (Phi) is 3.50. The average Bonchev–Trinajstić information content (AvgIpc) is 2.38. The second-order valence-corrected chi connectivity index (χ2v) is 4.11. The van der Waals surface area contributed by atoms with Gasteiger partial charge in [0.05, 0.1) is 12.3 Å². The maximum Gasteiger partial charge on any atom is 0.415 e. The van der Waals surface area contributed by atoms with Crippen LogP contribution in [0, 0.1) is 0 Å². The number of rotatable bonds is 3. The second kappa shape index (κ2) is 5.08. The fourth-order valence-electron chi connectivity index (χ4n) is 2.13. The second-order valence-electron chi connectivity index (χ2n) is 4.11. The molecule has 1 heterocycles. The summed E-state index contributed by atoms with van der Waals surface area (Å²) in [5, 5.41) is 9.20. The van der Waals surface area contributed by atoms with Gasteiger partial charge in [0.15, 0.2) is 0 Å². The minimum atomic E-state index is -1.00. The molecule has 5 heteroatoms. The standard InChI is InChI=1S/C13H15NO4/c1-2-9-5-3-4-6-10(9)14-11(12(15)16)7-8-18-13(14)17/h3-6,11H,2,7-8H2,1H3,(H,15,16). The van der Waals surface area contributed by atoms with E-state index >= 15 is 0 Å². The zero-order valence-electron chi connectivity index (χ0n) is 10.1. The fraction of sp³-hybridized carbons (Fsp3) is 0.385. The molecule has 1 fully saturated rings. The van der Waals surface area contributed by atoms with Gasteiger partial charge in [0.25, 0.3) is 0 Å². The molecule has 0 aliphatic carbocycles. The van der Waals surface area contributed by atoms with E-state index in [4.69, 9.17) is 4.74 Å². The smallest absolute Gasteiger partial charge is 0.415 e. The summed E-state index contributed by atoms with van der Waals surface area (Å²) in [6.07, 6.45) is 0.445. The Morgan fingerprint density at radius 3 is 2.89 bits per heavy atom. The lowest BCUT2D eigenvalue weighted by molar-refractivity contribution is -0.139. The predicted molar refractivity (Wildman–Crippen MR) is 65.7 cm³/mol. The molecule has 1 aromatic carbocycles. The quantitative estimate of drug-likeness (QED) is 0.890. The van der Waals surface area contributed by atoms with E-state index in [2.05, 4.69) is 0 Å². The summed E-state index contributed by atoms with van der Waals surface area (Å²) in [5.74, 6) is -1.00. The summed E-state index contributed by atoms with van der Waals surface area (Å²) < 4.78 is 4.95. The molecule has 0 spiro atoms. The van der Waals surface area contributed by atoms with Crippen LogP contribution in [0.2, 0.25) is 0 Å². The number of hydrogen-bond acceptors (Lipinski definition) is 3. The van der Waals surface area contributed by atoms with Crippen LogP contribution >= 0.6 is 0 Å². The van der Waals surface area contributed by atoms with E-state index in [0.29, 0.717) is 12.1 Å². The highest BCUT2D eigenvalue weighted by Gasteiger charge is 2.36. The molecule has 1 unspecified atom stereocenters. The summed E-state index contributed by atoms with van der Waals surface area (Å²) in [7, 11) is 0. The first-order chi connectivity index (χ1) is 8.65. The fourth-order valence-corrected chi connectivity index (χ4v) is 2.13. The first-order valence-electron chi connectivity index (χ1n) is 5.92. The number of aliphatic carboxylic acids is 1. The van der Waals surface area contributed by atoms with Crippen molar-refractivity contribution in [2.45, 2.75) is 25.8 Å². The first-order valence-corrected chi connectivity index (χ1v) is 5.92. The maximum atomic E-state index is 11.8. The third-order valence-electron chi connectivity index (χ3n) is 3.04. The highest BCUT2D eigenvalue weighted by atomic mass is 16.6. The van der Waals surface area contributed by atoms with E-state index in [9.17, 15) is 14.7 Å². The van der Waals surface area contributed by atoms with Crippen molar-refractivity contribution in [2.75, 3.05) is 11.5 Å². The van der Waals surface area contributed by atoms with Crippen molar-refractivity contribution in [3.8, 4) is 0 Å². The first kappa shape index (κ1) is 12.4. The Bertz CT molecular complexity index is 472. The van der Waals surface area contributed by atoms with Gasteiger partial charge in [0.1, 0.15) is 6.04 Å². The minimum Gasteiger partial charge on any atom is -0.480 e. The molecule has 0 aromatic heterocycles. The number of aryl methyl sites for hydroxylation is 1. The number of ether oxygens (including phenoxy) is 1. The normalized spacial score (nSPS) is 19.5. The maximum absolute atomic E-state index is 11.8. The number of hydrogen-bond donors (Lipinski definition) is 1. The molecule has 1 aliphatic rings. The van der Waals surface area contributed by atoms with Crippen molar-refractivity contribution >= 4 is 17.7 Å². The summed E-state index contributed by atoms with van der Waals surface area (Å²) in [6.45, 7) is 2.12. The molecular formula is C13H15NO4. The number of cyclic esters (lactones) is 1. The summed E-state index contributed by atoms with van der Waals surface area (Å²) in [4.78, 5) is 24.3. The topological polar surface area (TPSA) is 66.8 Å². The molecule has 18 heavy (non-hydrogen) atoms. The van der Waals surface area contributed by atoms with Crippen molar-refractivity contribution in [3.63, 3.8) is 0 Å². The van der Waals surface area contributed by atoms with Crippen LogP contribution in [-0.2, 0) is 16.0 Å². The number of carbonyl (C=O) groups is 2. The van der Waals surface area contributed by atoms with Gasteiger partial charge in [-0.2, -0.15) is 0 Å². The van der Waals surface area contributed by atoms with E-state index in [0.717, 1.165) is 12.0 Å². The van der Waals surface area contributed by atoms with Crippen molar-refractivity contribution in [3.05, 3.63) is 29.8 Å². The molecule has 1 saturated heterocycles. The molecule has 5 nitrogen and oxygen atoms in total. The van der Waals surface area contributed by atoms with Crippen molar-refractivity contribution in [1.29, 1.82) is 0 Å². The molecule has 1 N–H and O–H groups in total. The molecule has 96 valence electrons. The Labute approximate surface area is 105 Å². The number of anilines is 1. The number of amides is 1. The molecule has 2 rings (SSSR count). The van der Waals surface area contributed by atoms with E-state index in [1.165, 1.54) is 4.90 Å². The molecule has 0 bridgehead atoms. The summed E-state index contributed by atoms with van der Waals surface area (Å²) >= 11 is 0. The predicted octanol–water partition coefficient (Wildman–Crippen LogP) is 2.05. The van der Waals surface area contributed by atoms with Crippen LogP contribution in [0.1, 0.15) is 18.9 Å². The van der Waals surface area contributed by atoms with Crippen LogP contribution in [0.25, 0.3) is 0 Å². The number of carbonyl (C=O) groups excluding carboxylic acids is 1. The van der Waals surface area contributed by atoms with E-state index in [1.807, 2.05) is 19.1 Å². The highest BCUT2D eigenvalue weighted by molar-refractivity contribution is 5.96. The van der Waals surface area contributed by atoms with Gasteiger partial charge in [-0.3, -0.25) is 4.90 Å². The molecule has 1 atom stereocenters. The van der Waals surface area contributed by atoms with Gasteiger partial charge >= 0.3 is 12.1 Å². The van der Waals surface area contributed by atoms with Gasteiger partial charge in [-0.15, -0.1) is 0 Å². The Morgan fingerprint density at radius 2 is 2.22 bits per heavy atom. The van der Waals surface area contributed by atoms with Crippen LogP contribution < -0.4 is 4.90 Å². The number of nitrogens with zero attached hydrogens (tertiary/aromatic N) is 1. The molecule has 1 aromatic rings. The SMILES string of the molecule is CCc1ccccc1N1C(=O)OCCC1C(=O)O. The number of para-hydroxylation sites is 1. The lowest BCUT2D eigenvalue weighted by Crippen LogP contribution is -2.50. The third kappa shape index (κ3) is 2.16. The number of benzene rings is 1. The molecule has 1 aliphatic heterocycles. The van der Waals surface area contributed by atoms with Gasteiger partial charge in [0, 0.05) is 6.42 Å². The van der Waals surface area contributed by atoms with Crippen molar-refractivity contribution in [1.82, 2.24) is 0 Å². The van der Waals surface area contributed by atoms with E-state index in [1.54, 1.807) is 12.1 Å². The third-order valence-corrected chi connectivity index (χ3v) is 3.04. The lowest BCUT2D eigenvalue weighted by atomic mass is 10.1. The molecule has 1 amide bonds. The zero-order valence-corrected chi connectivity index (χ0v) is 10.1. The Morgan fingerprint density at radius 1 is 1.50 bits per heavy atom. The molecular weight excluding hydrogens is 234 g/mol. The van der Waals surface area contributed by atoms with E-state index in [-0.39, 0.29) is 6.61 Å². The van der Waals surface area contributed by atoms with E-state index < -0.39 is 18.1 Å². The average molecular weight is 249 g/mol. The Balaban J connectivity index is 2.43. The minimum absolute atomic E-state index is 0.153. The number of carboxylic acid groups (broad SMARTS) is 1. The molecule has 0 radical (unpaired) electrons. The highest BCUT2D eigenvalue weighted by Crippen LogP contribution is 2.27. The van der Waals surface area contributed by atoms with Gasteiger partial charge in [0.2, 0.25) is 0 Å². The largest absolute Gasteiger partial charge is 0.480 e. The van der Waals surface area contributed by atoms with Crippen LogP contribution in [0.5, 0.6) is 0 Å². The van der Waals surface area contributed by atoms with Crippen LogP contribution in [-0.4, -0.2) is 29.8 Å². The monoisotopic (exact) mass is 249 g/mol. The van der Waals surface area contributed by atoms with Gasteiger partial charge in [-0.05, 0) is 18.1 Å². The lowest BCUT2D eigenvalue weighted by Gasteiger charge is -2.33. The zero-order chi connectivity index (χ0) is 13.1.